The maximum absolute atomic E-state index is 12.6. The molecular weight excluding hydrogens is 544 g/mol. The fourth-order valence-electron chi connectivity index (χ4n) is 7.02. The fraction of sp³-hybridized carbons (Fsp3) is 0.429. The molecule has 4 atom stereocenters. The number of rotatable bonds is 3. The number of carbonyl (C=O) groups excluding carboxylic acids is 2. The zero-order valence-electron chi connectivity index (χ0n) is 24.5. The lowest BCUT2D eigenvalue weighted by atomic mass is 9.88. The number of esters is 1. The second-order valence-corrected chi connectivity index (χ2v) is 13.0. The SMILES string of the molecule is CN1CCC(=C2c3ccccc3CC(=O)c3sccc32)CC1.CN1[C@@H]2CC[C@H]1C[C@@H](OC(=O)C(O)c1ccccc1)C2. The number of carbonyl (C=O) groups is 2. The lowest BCUT2D eigenvalue weighted by molar-refractivity contribution is -0.162. The highest BCUT2D eigenvalue weighted by Gasteiger charge is 2.40. The molecule has 3 aliphatic heterocycles. The first kappa shape index (κ1) is 29.0. The maximum atomic E-state index is 12.6. The van der Waals surface area contributed by atoms with E-state index >= 15 is 0 Å². The highest BCUT2D eigenvalue weighted by atomic mass is 32.1. The number of thiophene rings is 1. The number of fused-ring (bicyclic) bond motifs is 4. The molecule has 1 N–H and O–H groups in total. The van der Waals surface area contributed by atoms with Crippen LogP contribution in [0.5, 0.6) is 0 Å². The Labute approximate surface area is 252 Å². The number of hydrogen-bond donors (Lipinski definition) is 1. The summed E-state index contributed by atoms with van der Waals surface area (Å²) < 4.78 is 5.52. The van der Waals surface area contributed by atoms with Crippen molar-refractivity contribution in [3.05, 3.63) is 98.7 Å². The minimum atomic E-state index is -1.17. The van der Waals surface area contributed by atoms with E-state index in [4.69, 9.17) is 4.74 Å². The third kappa shape index (κ3) is 6.02. The average molecular weight is 585 g/mol. The van der Waals surface area contributed by atoms with Crippen molar-refractivity contribution in [3.8, 4) is 0 Å². The maximum Gasteiger partial charge on any atom is 0.339 e. The molecule has 3 saturated heterocycles. The molecule has 7 rings (SSSR count). The number of Topliss-reactive ketones (excluding diaryl/α,β-unsaturated/α-hetero) is 1. The summed E-state index contributed by atoms with van der Waals surface area (Å²) in [5.41, 5.74) is 7.06. The van der Waals surface area contributed by atoms with Crippen LogP contribution in [-0.4, -0.2) is 72.0 Å². The smallest absolute Gasteiger partial charge is 0.339 e. The summed E-state index contributed by atoms with van der Waals surface area (Å²) >= 11 is 1.59. The van der Waals surface area contributed by atoms with Crippen LogP contribution in [0.2, 0.25) is 0 Å². The molecule has 2 aromatic carbocycles. The van der Waals surface area contributed by atoms with E-state index in [-0.39, 0.29) is 11.9 Å². The summed E-state index contributed by atoms with van der Waals surface area (Å²) in [4.78, 5) is 30.4. The van der Waals surface area contributed by atoms with E-state index in [1.165, 1.54) is 40.7 Å². The van der Waals surface area contributed by atoms with Gasteiger partial charge < -0.3 is 19.6 Å². The van der Waals surface area contributed by atoms with Gasteiger partial charge in [0.1, 0.15) is 6.10 Å². The average Bonchev–Trinajstić information content (AvgIpc) is 3.52. The monoisotopic (exact) mass is 584 g/mol. The number of ether oxygens (including phenoxy) is 1. The van der Waals surface area contributed by atoms with Gasteiger partial charge in [-0.15, -0.1) is 11.3 Å². The molecule has 0 saturated carbocycles. The van der Waals surface area contributed by atoms with Gasteiger partial charge in [0.05, 0.1) is 4.88 Å². The summed E-state index contributed by atoms with van der Waals surface area (Å²) in [6, 6.07) is 20.6. The number of nitrogens with zero attached hydrogens (tertiary/aromatic N) is 2. The van der Waals surface area contributed by atoms with Gasteiger partial charge in [-0.05, 0) is 86.3 Å². The topological polar surface area (TPSA) is 70.1 Å². The van der Waals surface area contributed by atoms with E-state index < -0.39 is 12.1 Å². The molecule has 3 fully saturated rings. The van der Waals surface area contributed by atoms with Gasteiger partial charge in [0, 0.05) is 37.2 Å². The van der Waals surface area contributed by atoms with E-state index in [1.54, 1.807) is 23.5 Å². The van der Waals surface area contributed by atoms with E-state index in [2.05, 4.69) is 53.5 Å². The zero-order valence-corrected chi connectivity index (χ0v) is 25.3. The summed E-state index contributed by atoms with van der Waals surface area (Å²) in [7, 11) is 4.33. The molecule has 220 valence electrons. The van der Waals surface area contributed by atoms with E-state index in [0.29, 0.717) is 24.1 Å². The molecule has 4 heterocycles. The highest BCUT2D eigenvalue weighted by molar-refractivity contribution is 7.12. The second-order valence-electron chi connectivity index (χ2n) is 12.1. The minimum Gasteiger partial charge on any atom is -0.460 e. The standard InChI is InChI=1S/C19H19NOS.C16H21NO3/c1-20-9-6-13(7-10-20)18-15-5-3-2-4-14(15)12-17(21)19-16(18)8-11-22-19;1-17-12-7-8-13(17)10-14(9-12)20-16(19)15(18)11-5-3-2-4-6-11/h2-5,8,11H,6-7,9-10,12H2,1H3;2-6,12-15,18H,7-10H2,1H3/t;12-,13+,14+,15?. The van der Waals surface area contributed by atoms with Crippen LogP contribution in [0.15, 0.2) is 71.6 Å². The lowest BCUT2D eigenvalue weighted by Gasteiger charge is -2.36. The van der Waals surface area contributed by atoms with Crippen molar-refractivity contribution in [1.82, 2.24) is 9.80 Å². The molecule has 7 heteroatoms. The van der Waals surface area contributed by atoms with Gasteiger partial charge in [-0.2, -0.15) is 0 Å². The Balaban J connectivity index is 0.000000151. The summed E-state index contributed by atoms with van der Waals surface area (Å²) in [5, 5.41) is 12.1. The van der Waals surface area contributed by atoms with Crippen LogP contribution in [0.4, 0.5) is 0 Å². The first-order valence-corrected chi connectivity index (χ1v) is 16.0. The second kappa shape index (κ2) is 12.6. The van der Waals surface area contributed by atoms with Crippen molar-refractivity contribution in [2.75, 3.05) is 27.2 Å². The molecule has 1 aliphatic carbocycles. The Morgan fingerprint density at radius 3 is 2.31 bits per heavy atom. The van der Waals surface area contributed by atoms with Crippen molar-refractivity contribution in [2.24, 2.45) is 0 Å². The predicted octanol–water partition coefficient (Wildman–Crippen LogP) is 5.90. The first-order chi connectivity index (χ1) is 20.4. The van der Waals surface area contributed by atoms with Crippen molar-refractivity contribution in [2.45, 2.75) is 69.2 Å². The third-order valence-electron chi connectivity index (χ3n) is 9.45. The molecule has 1 aromatic heterocycles. The largest absolute Gasteiger partial charge is 0.460 e. The van der Waals surface area contributed by atoms with Crippen LogP contribution in [0.25, 0.3) is 5.57 Å². The summed E-state index contributed by atoms with van der Waals surface area (Å²) in [6.45, 7) is 2.21. The van der Waals surface area contributed by atoms with E-state index in [0.717, 1.165) is 43.6 Å². The number of likely N-dealkylation sites (tertiary alicyclic amines) is 1. The highest BCUT2D eigenvalue weighted by Crippen LogP contribution is 2.40. The predicted molar refractivity (Wildman–Crippen MR) is 167 cm³/mol. The Morgan fingerprint density at radius 1 is 0.929 bits per heavy atom. The van der Waals surface area contributed by atoms with Gasteiger partial charge in [0.15, 0.2) is 11.9 Å². The Hall–Kier alpha value is -3.10. The molecule has 42 heavy (non-hydrogen) atoms. The van der Waals surface area contributed by atoms with Crippen LogP contribution < -0.4 is 0 Å². The van der Waals surface area contributed by atoms with Gasteiger partial charge in [-0.25, -0.2) is 4.79 Å². The number of piperidine rings is 2. The van der Waals surface area contributed by atoms with Crippen LogP contribution in [0, 0.1) is 0 Å². The third-order valence-corrected chi connectivity index (χ3v) is 10.4. The number of aliphatic hydroxyl groups excluding tert-OH is 1. The molecular formula is C35H40N2O4S. The Bertz CT molecular complexity index is 1440. The van der Waals surface area contributed by atoms with Gasteiger partial charge in [0.25, 0.3) is 0 Å². The van der Waals surface area contributed by atoms with Gasteiger partial charge in [-0.3, -0.25) is 4.79 Å². The van der Waals surface area contributed by atoms with E-state index in [1.807, 2.05) is 24.3 Å². The molecule has 4 aliphatic rings. The quantitative estimate of drug-likeness (QED) is 0.387. The van der Waals surface area contributed by atoms with E-state index in [9.17, 15) is 14.7 Å². The van der Waals surface area contributed by atoms with Crippen molar-refractivity contribution in [1.29, 1.82) is 0 Å². The molecule has 0 radical (unpaired) electrons. The molecule has 2 bridgehead atoms. The molecule has 0 spiro atoms. The van der Waals surface area contributed by atoms with Gasteiger partial charge >= 0.3 is 5.97 Å². The van der Waals surface area contributed by atoms with Crippen molar-refractivity contribution < 1.29 is 19.4 Å². The number of benzene rings is 2. The number of hydrogen-bond acceptors (Lipinski definition) is 7. The van der Waals surface area contributed by atoms with Crippen LogP contribution >= 0.6 is 11.3 Å². The van der Waals surface area contributed by atoms with Crippen LogP contribution in [0.1, 0.15) is 76.6 Å². The van der Waals surface area contributed by atoms with Crippen molar-refractivity contribution >= 4 is 28.7 Å². The molecule has 6 nitrogen and oxygen atoms in total. The number of aliphatic hydroxyl groups is 1. The van der Waals surface area contributed by atoms with Gasteiger partial charge in [0.2, 0.25) is 0 Å². The Morgan fingerprint density at radius 2 is 1.60 bits per heavy atom. The summed E-state index contributed by atoms with van der Waals surface area (Å²) in [5.74, 6) is -0.258. The zero-order chi connectivity index (χ0) is 29.2. The van der Waals surface area contributed by atoms with Crippen molar-refractivity contribution in [3.63, 3.8) is 0 Å². The Kier molecular flexibility index (Phi) is 8.72. The fourth-order valence-corrected chi connectivity index (χ4v) is 7.86. The minimum absolute atomic E-state index is 0.0467. The molecule has 1 unspecified atom stereocenters. The first-order valence-electron chi connectivity index (χ1n) is 15.1. The molecule has 0 amide bonds. The lowest BCUT2D eigenvalue weighted by Crippen LogP contribution is -2.43. The van der Waals surface area contributed by atoms with Gasteiger partial charge in [-0.1, -0.05) is 60.2 Å². The normalized spacial score (nSPS) is 24.6. The molecule has 3 aromatic rings. The number of ketones is 1. The van der Waals surface area contributed by atoms with Crippen LogP contribution in [0.3, 0.4) is 0 Å². The summed E-state index contributed by atoms with van der Waals surface area (Å²) in [6.07, 6.45) is 5.67. The van der Waals surface area contributed by atoms with Crippen LogP contribution in [-0.2, 0) is 16.0 Å².